The summed E-state index contributed by atoms with van der Waals surface area (Å²) in [6.07, 6.45) is 3.29. The highest BCUT2D eigenvalue weighted by atomic mass is 32.2. The van der Waals surface area contributed by atoms with Gasteiger partial charge in [-0.15, -0.1) is 11.8 Å². The second-order valence-corrected chi connectivity index (χ2v) is 9.27. The standard InChI is InChI=1S/C21H33NO4S/c1-8-14(2)12-21(7)18(15(3)16(4)27-21)26-11-9-10-22-19(25)17(24)20(5,6)13-23/h8,12,17,23-24H,1,4,9-11,13H2,2-3,5-7H3,(H,22,25)/b14-12+. The Morgan fingerprint density at radius 2 is 2.11 bits per heavy atom. The summed E-state index contributed by atoms with van der Waals surface area (Å²) >= 11 is 1.66. The molecule has 152 valence electrons. The van der Waals surface area contributed by atoms with Crippen LogP contribution >= 0.6 is 11.8 Å². The summed E-state index contributed by atoms with van der Waals surface area (Å²) < 4.78 is 5.73. The van der Waals surface area contributed by atoms with Crippen molar-refractivity contribution in [3.63, 3.8) is 0 Å². The van der Waals surface area contributed by atoms with E-state index in [4.69, 9.17) is 4.74 Å². The lowest BCUT2D eigenvalue weighted by Gasteiger charge is -2.27. The van der Waals surface area contributed by atoms with E-state index in [2.05, 4.69) is 31.5 Å². The molecule has 0 bridgehead atoms. The minimum absolute atomic E-state index is 0.268. The van der Waals surface area contributed by atoms with Crippen molar-refractivity contribution in [2.24, 2.45) is 5.41 Å². The minimum Gasteiger partial charge on any atom is -0.496 e. The molecule has 0 spiro atoms. The van der Waals surface area contributed by atoms with Crippen LogP contribution in [-0.2, 0) is 9.53 Å². The van der Waals surface area contributed by atoms with Gasteiger partial charge in [0.15, 0.2) is 0 Å². The molecule has 2 atom stereocenters. The largest absolute Gasteiger partial charge is 0.496 e. The van der Waals surface area contributed by atoms with Crippen LogP contribution in [0.4, 0.5) is 0 Å². The van der Waals surface area contributed by atoms with E-state index in [1.807, 2.05) is 19.9 Å². The molecule has 1 rings (SSSR count). The van der Waals surface area contributed by atoms with Gasteiger partial charge in [-0.25, -0.2) is 0 Å². The molecule has 6 heteroatoms. The van der Waals surface area contributed by atoms with Crippen LogP contribution in [0.5, 0.6) is 0 Å². The normalized spacial score (nSPS) is 22.0. The first kappa shape index (κ1) is 23.5. The highest BCUT2D eigenvalue weighted by Gasteiger charge is 2.38. The number of hydrogen-bond donors (Lipinski definition) is 3. The maximum atomic E-state index is 12.0. The summed E-state index contributed by atoms with van der Waals surface area (Å²) in [6, 6.07) is 0. The number of carbonyl (C=O) groups is 1. The van der Waals surface area contributed by atoms with Crippen molar-refractivity contribution >= 4 is 17.7 Å². The van der Waals surface area contributed by atoms with Crippen LogP contribution in [0.15, 0.2) is 47.1 Å². The van der Waals surface area contributed by atoms with Gasteiger partial charge in [-0.1, -0.05) is 44.7 Å². The molecule has 3 N–H and O–H groups in total. The van der Waals surface area contributed by atoms with Gasteiger partial charge in [0.2, 0.25) is 5.91 Å². The van der Waals surface area contributed by atoms with Gasteiger partial charge in [0, 0.05) is 22.4 Å². The zero-order valence-electron chi connectivity index (χ0n) is 17.1. The maximum absolute atomic E-state index is 12.0. The van der Waals surface area contributed by atoms with Gasteiger partial charge in [-0.05, 0) is 27.2 Å². The Morgan fingerprint density at radius 1 is 1.48 bits per heavy atom. The molecule has 1 amide bonds. The zero-order chi connectivity index (χ0) is 20.8. The fourth-order valence-corrected chi connectivity index (χ4v) is 4.02. The molecular weight excluding hydrogens is 362 g/mol. The number of rotatable bonds is 10. The summed E-state index contributed by atoms with van der Waals surface area (Å²) in [5.74, 6) is 0.398. The van der Waals surface area contributed by atoms with Crippen molar-refractivity contribution < 1.29 is 19.7 Å². The van der Waals surface area contributed by atoms with Gasteiger partial charge >= 0.3 is 0 Å². The highest BCUT2D eigenvalue weighted by molar-refractivity contribution is 8.05. The number of thioether (sulfide) groups is 1. The van der Waals surface area contributed by atoms with E-state index in [9.17, 15) is 15.0 Å². The highest BCUT2D eigenvalue weighted by Crippen LogP contribution is 2.50. The van der Waals surface area contributed by atoms with Gasteiger partial charge in [-0.3, -0.25) is 4.79 Å². The van der Waals surface area contributed by atoms with Crippen molar-refractivity contribution in [3.05, 3.63) is 47.1 Å². The molecule has 5 nitrogen and oxygen atoms in total. The van der Waals surface area contributed by atoms with Crippen LogP contribution in [0.3, 0.4) is 0 Å². The Balaban J connectivity index is 2.59. The van der Waals surface area contributed by atoms with E-state index in [1.54, 1.807) is 25.6 Å². The van der Waals surface area contributed by atoms with E-state index in [1.165, 1.54) is 0 Å². The van der Waals surface area contributed by atoms with Crippen molar-refractivity contribution in [1.29, 1.82) is 0 Å². The van der Waals surface area contributed by atoms with Gasteiger partial charge in [0.1, 0.15) is 11.9 Å². The Morgan fingerprint density at radius 3 is 2.67 bits per heavy atom. The summed E-state index contributed by atoms with van der Waals surface area (Å²) in [4.78, 5) is 13.0. The molecule has 1 heterocycles. The van der Waals surface area contributed by atoms with Crippen molar-refractivity contribution in [3.8, 4) is 0 Å². The molecule has 2 unspecified atom stereocenters. The molecule has 0 saturated carbocycles. The summed E-state index contributed by atoms with van der Waals surface area (Å²) in [5.41, 5.74) is 1.24. The van der Waals surface area contributed by atoms with E-state index < -0.39 is 17.4 Å². The van der Waals surface area contributed by atoms with E-state index >= 15 is 0 Å². The lowest BCUT2D eigenvalue weighted by atomic mass is 9.87. The Bertz CT molecular complexity index is 651. The lowest BCUT2D eigenvalue weighted by molar-refractivity contribution is -0.137. The topological polar surface area (TPSA) is 78.8 Å². The lowest BCUT2D eigenvalue weighted by Crippen LogP contribution is -2.45. The monoisotopic (exact) mass is 395 g/mol. The van der Waals surface area contributed by atoms with Crippen LogP contribution in [0.1, 0.15) is 41.0 Å². The van der Waals surface area contributed by atoms with E-state index in [-0.39, 0.29) is 11.4 Å². The number of aliphatic hydroxyl groups excluding tert-OH is 2. The quantitative estimate of drug-likeness (QED) is 0.391. The molecule has 1 aliphatic rings. The van der Waals surface area contributed by atoms with Crippen molar-refractivity contribution in [2.75, 3.05) is 19.8 Å². The third kappa shape index (κ3) is 5.99. The van der Waals surface area contributed by atoms with Crippen LogP contribution in [0.25, 0.3) is 0 Å². The average molecular weight is 396 g/mol. The number of aliphatic hydroxyl groups is 2. The van der Waals surface area contributed by atoms with E-state index in [0.29, 0.717) is 19.6 Å². The first-order chi connectivity index (χ1) is 12.5. The molecule has 0 fully saturated rings. The number of allylic oxidation sites excluding steroid dienone is 3. The average Bonchev–Trinajstić information content (AvgIpc) is 2.82. The Kier molecular flexibility index (Phi) is 8.39. The Labute approximate surface area is 167 Å². The van der Waals surface area contributed by atoms with E-state index in [0.717, 1.165) is 21.8 Å². The predicted molar refractivity (Wildman–Crippen MR) is 112 cm³/mol. The van der Waals surface area contributed by atoms with Gasteiger partial charge in [-0.2, -0.15) is 0 Å². The molecule has 1 aliphatic heterocycles. The van der Waals surface area contributed by atoms with Crippen LogP contribution in [0.2, 0.25) is 0 Å². The van der Waals surface area contributed by atoms with Crippen LogP contribution in [0, 0.1) is 5.41 Å². The summed E-state index contributed by atoms with van der Waals surface area (Å²) in [5, 5.41) is 21.9. The van der Waals surface area contributed by atoms with Crippen molar-refractivity contribution in [2.45, 2.75) is 51.9 Å². The molecule has 0 saturated heterocycles. The first-order valence-corrected chi connectivity index (χ1v) is 9.91. The molecule has 27 heavy (non-hydrogen) atoms. The summed E-state index contributed by atoms with van der Waals surface area (Å²) in [7, 11) is 0. The van der Waals surface area contributed by atoms with Crippen molar-refractivity contribution in [1.82, 2.24) is 5.32 Å². The van der Waals surface area contributed by atoms with Gasteiger partial charge in [0.05, 0.1) is 18.0 Å². The molecule has 0 aliphatic carbocycles. The first-order valence-electron chi connectivity index (χ1n) is 9.09. The second kappa shape index (κ2) is 9.62. The fraction of sp³-hybridized carbons (Fsp3) is 0.571. The third-order valence-corrected chi connectivity index (χ3v) is 5.91. The molecule has 0 aromatic heterocycles. The zero-order valence-corrected chi connectivity index (χ0v) is 17.9. The predicted octanol–water partition coefficient (Wildman–Crippen LogP) is 3.31. The van der Waals surface area contributed by atoms with Gasteiger partial charge < -0.3 is 20.3 Å². The molecule has 0 aromatic carbocycles. The summed E-state index contributed by atoms with van der Waals surface area (Å²) in [6.45, 7) is 17.8. The number of carbonyl (C=O) groups excluding carboxylic acids is 1. The fourth-order valence-electron chi connectivity index (χ4n) is 2.71. The molecular formula is C21H33NO4S. The molecule has 0 radical (unpaired) electrons. The maximum Gasteiger partial charge on any atom is 0.249 e. The number of hydrogen-bond acceptors (Lipinski definition) is 5. The minimum atomic E-state index is -1.25. The van der Waals surface area contributed by atoms with Crippen LogP contribution < -0.4 is 5.32 Å². The number of amides is 1. The smallest absolute Gasteiger partial charge is 0.249 e. The molecule has 0 aromatic rings. The third-order valence-electron chi connectivity index (χ3n) is 4.63. The van der Waals surface area contributed by atoms with Crippen LogP contribution in [-0.4, -0.2) is 46.7 Å². The van der Waals surface area contributed by atoms with Gasteiger partial charge in [0.25, 0.3) is 0 Å². The number of nitrogens with one attached hydrogen (secondary N) is 1. The Hall–Kier alpha value is -1.50. The SMILES string of the molecule is C=C/C(C)=C/C1(C)SC(=C)C(C)=C1OCCCNC(=O)C(O)C(C)(C)CO. The second-order valence-electron chi connectivity index (χ2n) is 7.72. The number of ether oxygens (including phenoxy) is 1.